The SMILES string of the molecule is CCc1ccc2c(c1)C(NCC(O)C(Cc1cc(F)cc(F)c1)NC(=O)COC)CCC2. The number of hydrogen-bond acceptors (Lipinski definition) is 4. The van der Waals surface area contributed by atoms with E-state index in [1.807, 2.05) is 0 Å². The number of fused-ring (bicyclic) bond motifs is 1. The Morgan fingerprint density at radius 2 is 1.94 bits per heavy atom. The Bertz CT molecular complexity index is 902. The van der Waals surface area contributed by atoms with Gasteiger partial charge < -0.3 is 20.5 Å². The van der Waals surface area contributed by atoms with Crippen LogP contribution in [0.2, 0.25) is 0 Å². The van der Waals surface area contributed by atoms with Gasteiger partial charge in [0, 0.05) is 25.8 Å². The zero-order valence-electron chi connectivity index (χ0n) is 18.7. The predicted octanol–water partition coefficient (Wildman–Crippen LogP) is 3.23. The minimum Gasteiger partial charge on any atom is -0.390 e. The Kier molecular flexibility index (Phi) is 8.73. The number of methoxy groups -OCH3 is 1. The van der Waals surface area contributed by atoms with Gasteiger partial charge in [-0.25, -0.2) is 8.78 Å². The summed E-state index contributed by atoms with van der Waals surface area (Å²) in [4.78, 5) is 12.1. The molecule has 3 atom stereocenters. The number of ether oxygens (including phenoxy) is 1. The molecular formula is C25H32F2N2O3. The van der Waals surface area contributed by atoms with E-state index in [2.05, 4.69) is 35.8 Å². The van der Waals surface area contributed by atoms with Gasteiger partial charge in [-0.05, 0) is 66.5 Å². The average molecular weight is 447 g/mol. The van der Waals surface area contributed by atoms with E-state index < -0.39 is 29.7 Å². The zero-order chi connectivity index (χ0) is 23.1. The number of carbonyl (C=O) groups is 1. The first-order valence-corrected chi connectivity index (χ1v) is 11.2. The number of aryl methyl sites for hydroxylation is 2. The van der Waals surface area contributed by atoms with Gasteiger partial charge >= 0.3 is 0 Å². The first kappa shape index (κ1) is 24.3. The number of rotatable bonds is 10. The molecule has 3 rings (SSSR count). The molecule has 1 amide bonds. The van der Waals surface area contributed by atoms with Crippen LogP contribution in [0.25, 0.3) is 0 Å². The molecule has 0 fully saturated rings. The van der Waals surface area contributed by atoms with E-state index >= 15 is 0 Å². The van der Waals surface area contributed by atoms with E-state index in [1.54, 1.807) is 0 Å². The highest BCUT2D eigenvalue weighted by molar-refractivity contribution is 5.77. The van der Waals surface area contributed by atoms with Gasteiger partial charge in [0.2, 0.25) is 5.91 Å². The van der Waals surface area contributed by atoms with Crippen LogP contribution in [0.4, 0.5) is 8.78 Å². The van der Waals surface area contributed by atoms with Crippen molar-refractivity contribution >= 4 is 5.91 Å². The van der Waals surface area contributed by atoms with Crippen LogP contribution in [-0.2, 0) is 28.8 Å². The van der Waals surface area contributed by atoms with Crippen LogP contribution in [0.1, 0.15) is 48.1 Å². The van der Waals surface area contributed by atoms with Gasteiger partial charge in [0.05, 0.1) is 12.1 Å². The van der Waals surface area contributed by atoms with Crippen molar-refractivity contribution in [3.05, 3.63) is 70.3 Å². The van der Waals surface area contributed by atoms with E-state index in [1.165, 1.54) is 35.9 Å². The Balaban J connectivity index is 1.71. The largest absolute Gasteiger partial charge is 0.390 e. The van der Waals surface area contributed by atoms with E-state index in [0.29, 0.717) is 5.56 Å². The van der Waals surface area contributed by atoms with Crippen LogP contribution < -0.4 is 10.6 Å². The van der Waals surface area contributed by atoms with Gasteiger partial charge in [0.15, 0.2) is 0 Å². The molecule has 1 aliphatic rings. The second-order valence-electron chi connectivity index (χ2n) is 8.40. The molecule has 2 aromatic carbocycles. The molecule has 0 spiro atoms. The van der Waals surface area contributed by atoms with Gasteiger partial charge in [-0.2, -0.15) is 0 Å². The lowest BCUT2D eigenvalue weighted by Crippen LogP contribution is -2.50. The lowest BCUT2D eigenvalue weighted by atomic mass is 9.86. The Morgan fingerprint density at radius 1 is 1.19 bits per heavy atom. The normalized spacial score (nSPS) is 17.5. The number of nitrogens with one attached hydrogen (secondary N) is 2. The molecule has 0 radical (unpaired) electrons. The molecule has 0 aliphatic heterocycles. The summed E-state index contributed by atoms with van der Waals surface area (Å²) in [5.41, 5.74) is 4.21. The van der Waals surface area contributed by atoms with Crippen molar-refractivity contribution in [3.63, 3.8) is 0 Å². The second kappa shape index (κ2) is 11.5. The highest BCUT2D eigenvalue weighted by Crippen LogP contribution is 2.30. The zero-order valence-corrected chi connectivity index (χ0v) is 18.7. The Hall–Kier alpha value is -2.35. The summed E-state index contributed by atoms with van der Waals surface area (Å²) in [6.07, 6.45) is 3.16. The third-order valence-corrected chi connectivity index (χ3v) is 5.97. The van der Waals surface area contributed by atoms with Crippen molar-refractivity contribution in [2.24, 2.45) is 0 Å². The molecule has 32 heavy (non-hydrogen) atoms. The predicted molar refractivity (Wildman–Crippen MR) is 119 cm³/mol. The molecule has 0 heterocycles. The molecule has 174 valence electrons. The Labute approximate surface area is 188 Å². The summed E-state index contributed by atoms with van der Waals surface area (Å²) in [5.74, 6) is -1.79. The number of benzene rings is 2. The number of aliphatic hydroxyl groups is 1. The van der Waals surface area contributed by atoms with Gasteiger partial charge in [-0.1, -0.05) is 25.1 Å². The topological polar surface area (TPSA) is 70.6 Å². The summed E-state index contributed by atoms with van der Waals surface area (Å²) in [5, 5.41) is 17.1. The maximum Gasteiger partial charge on any atom is 0.246 e. The molecule has 7 heteroatoms. The van der Waals surface area contributed by atoms with Crippen molar-refractivity contribution < 1.29 is 23.4 Å². The van der Waals surface area contributed by atoms with Gasteiger partial charge in [-0.15, -0.1) is 0 Å². The molecular weight excluding hydrogens is 414 g/mol. The number of carbonyl (C=O) groups excluding carboxylic acids is 1. The van der Waals surface area contributed by atoms with Crippen molar-refractivity contribution in [2.75, 3.05) is 20.3 Å². The van der Waals surface area contributed by atoms with Crippen molar-refractivity contribution in [1.82, 2.24) is 10.6 Å². The van der Waals surface area contributed by atoms with Gasteiger partial charge in [-0.3, -0.25) is 4.79 Å². The fraction of sp³-hybridized carbons (Fsp3) is 0.480. The minimum absolute atomic E-state index is 0.0915. The molecule has 1 aliphatic carbocycles. The van der Waals surface area contributed by atoms with E-state index in [4.69, 9.17) is 4.74 Å². The van der Waals surface area contributed by atoms with Crippen LogP contribution in [0.5, 0.6) is 0 Å². The molecule has 0 saturated carbocycles. The van der Waals surface area contributed by atoms with E-state index in [0.717, 1.165) is 31.7 Å². The lowest BCUT2D eigenvalue weighted by molar-refractivity contribution is -0.126. The third kappa shape index (κ3) is 6.58. The van der Waals surface area contributed by atoms with Crippen LogP contribution in [0.15, 0.2) is 36.4 Å². The van der Waals surface area contributed by atoms with Crippen LogP contribution in [0, 0.1) is 11.6 Å². The number of hydrogen-bond donors (Lipinski definition) is 3. The average Bonchev–Trinajstić information content (AvgIpc) is 2.76. The second-order valence-corrected chi connectivity index (χ2v) is 8.40. The lowest BCUT2D eigenvalue weighted by Gasteiger charge is -2.30. The molecule has 0 bridgehead atoms. The maximum absolute atomic E-state index is 13.6. The summed E-state index contributed by atoms with van der Waals surface area (Å²) < 4.78 is 32.1. The quantitative estimate of drug-likeness (QED) is 0.524. The molecule has 5 nitrogen and oxygen atoms in total. The van der Waals surface area contributed by atoms with Crippen LogP contribution >= 0.6 is 0 Å². The standard InChI is InChI=1S/C25H32F2N2O3/c1-3-16-7-8-18-5-4-6-22(21(18)11-16)28-14-24(30)23(29-25(31)15-32-2)12-17-9-19(26)13-20(27)10-17/h7-11,13,22-24,28,30H,3-6,12,14-15H2,1-2H3,(H,29,31). The van der Waals surface area contributed by atoms with Crippen molar-refractivity contribution in [1.29, 1.82) is 0 Å². The monoisotopic (exact) mass is 446 g/mol. The van der Waals surface area contributed by atoms with Crippen LogP contribution in [-0.4, -0.2) is 43.4 Å². The van der Waals surface area contributed by atoms with E-state index in [-0.39, 0.29) is 25.6 Å². The highest BCUT2D eigenvalue weighted by Gasteiger charge is 2.25. The highest BCUT2D eigenvalue weighted by atomic mass is 19.1. The fourth-order valence-electron chi connectivity index (χ4n) is 4.33. The first-order valence-electron chi connectivity index (χ1n) is 11.2. The van der Waals surface area contributed by atoms with E-state index in [9.17, 15) is 18.7 Å². The minimum atomic E-state index is -0.957. The number of amides is 1. The molecule has 3 N–H and O–H groups in total. The number of aliphatic hydroxyl groups excluding tert-OH is 1. The molecule has 2 aromatic rings. The third-order valence-electron chi connectivity index (χ3n) is 5.97. The van der Waals surface area contributed by atoms with Crippen molar-refractivity contribution in [2.45, 2.75) is 57.2 Å². The van der Waals surface area contributed by atoms with Gasteiger partial charge in [0.1, 0.15) is 18.2 Å². The molecule has 0 aromatic heterocycles. The molecule has 0 saturated heterocycles. The van der Waals surface area contributed by atoms with Crippen LogP contribution in [0.3, 0.4) is 0 Å². The maximum atomic E-state index is 13.6. The summed E-state index contributed by atoms with van der Waals surface area (Å²) in [6.45, 7) is 2.19. The number of halogens is 2. The summed E-state index contributed by atoms with van der Waals surface area (Å²) >= 11 is 0. The molecule has 3 unspecified atom stereocenters. The van der Waals surface area contributed by atoms with Crippen molar-refractivity contribution in [3.8, 4) is 0 Å². The summed E-state index contributed by atoms with van der Waals surface area (Å²) in [6, 6.07) is 9.18. The summed E-state index contributed by atoms with van der Waals surface area (Å²) in [7, 11) is 1.40. The Morgan fingerprint density at radius 3 is 2.62 bits per heavy atom. The van der Waals surface area contributed by atoms with Gasteiger partial charge in [0.25, 0.3) is 0 Å². The first-order chi connectivity index (χ1) is 15.4. The smallest absolute Gasteiger partial charge is 0.246 e. The fourth-order valence-corrected chi connectivity index (χ4v) is 4.33.